The molecule has 0 saturated heterocycles. The summed E-state index contributed by atoms with van der Waals surface area (Å²) in [7, 11) is 0. The number of thiophene rings is 1. The highest BCUT2D eigenvalue weighted by atomic mass is 79.9. The van der Waals surface area contributed by atoms with Crippen molar-refractivity contribution < 1.29 is 14.3 Å². The molecule has 0 spiro atoms. The minimum atomic E-state index is -0.348. The Balaban J connectivity index is 1.94. The summed E-state index contributed by atoms with van der Waals surface area (Å²) in [5.74, 6) is 0.0208. The van der Waals surface area contributed by atoms with Crippen molar-refractivity contribution in [2.24, 2.45) is 5.92 Å². The number of fused-ring (bicyclic) bond motifs is 1. The average Bonchev–Trinajstić information content (AvgIpc) is 2.91. The molecule has 1 aromatic heterocycles. The molecule has 1 aromatic carbocycles. The summed E-state index contributed by atoms with van der Waals surface area (Å²) < 4.78 is 6.07. The van der Waals surface area contributed by atoms with E-state index in [-0.39, 0.29) is 11.9 Å². The Bertz CT molecular complexity index is 815. The van der Waals surface area contributed by atoms with Crippen molar-refractivity contribution in [2.75, 3.05) is 11.9 Å². The Kier molecular flexibility index (Phi) is 5.59. The van der Waals surface area contributed by atoms with E-state index in [4.69, 9.17) is 4.74 Å². The quantitative estimate of drug-likeness (QED) is 0.701. The second-order valence-corrected chi connectivity index (χ2v) is 8.26. The van der Waals surface area contributed by atoms with Crippen LogP contribution in [-0.4, -0.2) is 18.5 Å². The third-order valence-corrected chi connectivity index (χ3v) is 5.97. The topological polar surface area (TPSA) is 55.4 Å². The van der Waals surface area contributed by atoms with E-state index in [1.807, 2.05) is 12.1 Å². The van der Waals surface area contributed by atoms with E-state index in [2.05, 4.69) is 28.2 Å². The maximum atomic E-state index is 12.6. The summed E-state index contributed by atoms with van der Waals surface area (Å²) in [5.41, 5.74) is 2.13. The van der Waals surface area contributed by atoms with Crippen LogP contribution < -0.4 is 5.32 Å². The van der Waals surface area contributed by atoms with Crippen molar-refractivity contribution in [3.63, 3.8) is 0 Å². The molecule has 1 aliphatic carbocycles. The zero-order valence-corrected chi connectivity index (χ0v) is 16.6. The van der Waals surface area contributed by atoms with E-state index in [1.54, 1.807) is 19.1 Å². The third-order valence-electron chi connectivity index (χ3n) is 4.31. The van der Waals surface area contributed by atoms with Gasteiger partial charge in [-0.1, -0.05) is 28.9 Å². The van der Waals surface area contributed by atoms with E-state index in [0.717, 1.165) is 29.3 Å². The van der Waals surface area contributed by atoms with Crippen LogP contribution in [0, 0.1) is 5.92 Å². The van der Waals surface area contributed by atoms with Crippen LogP contribution in [0.2, 0.25) is 0 Å². The first kappa shape index (κ1) is 18.1. The van der Waals surface area contributed by atoms with Gasteiger partial charge in [-0.05, 0) is 55.9 Å². The molecule has 4 nitrogen and oxygen atoms in total. The van der Waals surface area contributed by atoms with Gasteiger partial charge in [-0.3, -0.25) is 4.79 Å². The standard InChI is InChI=1S/C19H20BrNO3S/c1-3-24-19(23)16-14-8-7-11(2)9-15(14)25-18(16)21-17(22)12-5-4-6-13(20)10-12/h4-6,10-11H,3,7-9H2,1-2H3,(H,21,22)/t11-/m0/s1. The highest BCUT2D eigenvalue weighted by Crippen LogP contribution is 2.40. The van der Waals surface area contributed by atoms with Crippen molar-refractivity contribution in [1.82, 2.24) is 0 Å². The van der Waals surface area contributed by atoms with Crippen LogP contribution in [0.5, 0.6) is 0 Å². The number of anilines is 1. The van der Waals surface area contributed by atoms with Crippen LogP contribution in [0.3, 0.4) is 0 Å². The SMILES string of the molecule is CCOC(=O)c1c(NC(=O)c2cccc(Br)c2)sc2c1CC[C@H](C)C2. The molecule has 3 rings (SSSR count). The predicted octanol–water partition coefficient (Wildman–Crippen LogP) is 5.06. The summed E-state index contributed by atoms with van der Waals surface area (Å²) in [6, 6.07) is 7.19. The normalized spacial score (nSPS) is 16.2. The number of carbonyl (C=O) groups is 2. The average molecular weight is 422 g/mol. The molecule has 25 heavy (non-hydrogen) atoms. The number of ether oxygens (including phenoxy) is 1. The zero-order chi connectivity index (χ0) is 18.0. The van der Waals surface area contributed by atoms with Crippen molar-refractivity contribution in [3.05, 3.63) is 50.3 Å². The van der Waals surface area contributed by atoms with Gasteiger partial charge in [0.1, 0.15) is 5.00 Å². The number of hydrogen-bond donors (Lipinski definition) is 1. The van der Waals surface area contributed by atoms with Gasteiger partial charge in [0.25, 0.3) is 5.91 Å². The van der Waals surface area contributed by atoms with E-state index >= 15 is 0 Å². The molecular formula is C19H20BrNO3S. The number of amides is 1. The van der Waals surface area contributed by atoms with Gasteiger partial charge in [0, 0.05) is 14.9 Å². The summed E-state index contributed by atoms with van der Waals surface area (Å²) in [5, 5.41) is 3.52. The Morgan fingerprint density at radius 3 is 2.92 bits per heavy atom. The van der Waals surface area contributed by atoms with Crippen LogP contribution in [0.1, 0.15) is 51.4 Å². The fraction of sp³-hybridized carbons (Fsp3) is 0.368. The summed E-state index contributed by atoms with van der Waals surface area (Å²) >= 11 is 4.88. The molecular weight excluding hydrogens is 402 g/mol. The Morgan fingerprint density at radius 2 is 2.20 bits per heavy atom. The molecule has 0 fully saturated rings. The molecule has 0 unspecified atom stereocenters. The minimum absolute atomic E-state index is 0.224. The fourth-order valence-corrected chi connectivity index (χ4v) is 4.86. The lowest BCUT2D eigenvalue weighted by molar-refractivity contribution is 0.0526. The highest BCUT2D eigenvalue weighted by molar-refractivity contribution is 9.10. The first-order chi connectivity index (χ1) is 12.0. The number of nitrogens with one attached hydrogen (secondary N) is 1. The first-order valence-electron chi connectivity index (χ1n) is 8.38. The molecule has 1 heterocycles. The Hall–Kier alpha value is -1.66. The van der Waals surface area contributed by atoms with Crippen molar-refractivity contribution in [1.29, 1.82) is 0 Å². The smallest absolute Gasteiger partial charge is 0.341 e. The maximum Gasteiger partial charge on any atom is 0.341 e. The van der Waals surface area contributed by atoms with Gasteiger partial charge in [-0.15, -0.1) is 11.3 Å². The van der Waals surface area contributed by atoms with E-state index in [0.29, 0.717) is 28.7 Å². The lowest BCUT2D eigenvalue weighted by Crippen LogP contribution is -2.16. The van der Waals surface area contributed by atoms with Gasteiger partial charge in [0.2, 0.25) is 0 Å². The highest BCUT2D eigenvalue weighted by Gasteiger charge is 2.29. The number of hydrogen-bond acceptors (Lipinski definition) is 4. The predicted molar refractivity (Wildman–Crippen MR) is 104 cm³/mol. The zero-order valence-electron chi connectivity index (χ0n) is 14.2. The van der Waals surface area contributed by atoms with E-state index in [9.17, 15) is 9.59 Å². The molecule has 0 saturated carbocycles. The number of esters is 1. The lowest BCUT2D eigenvalue weighted by atomic mass is 9.88. The van der Waals surface area contributed by atoms with Crippen LogP contribution >= 0.6 is 27.3 Å². The van der Waals surface area contributed by atoms with E-state index < -0.39 is 0 Å². The molecule has 1 N–H and O–H groups in total. The summed E-state index contributed by atoms with van der Waals surface area (Å²) in [4.78, 5) is 26.3. The van der Waals surface area contributed by atoms with Gasteiger partial charge in [-0.25, -0.2) is 4.79 Å². The molecule has 1 aliphatic rings. The molecule has 0 bridgehead atoms. The lowest BCUT2D eigenvalue weighted by Gasteiger charge is -2.18. The Labute approximate surface area is 159 Å². The second kappa shape index (κ2) is 7.70. The van der Waals surface area contributed by atoms with Crippen LogP contribution in [0.25, 0.3) is 0 Å². The second-order valence-electron chi connectivity index (χ2n) is 6.24. The largest absolute Gasteiger partial charge is 0.462 e. The number of benzene rings is 1. The molecule has 1 amide bonds. The van der Waals surface area contributed by atoms with Gasteiger partial charge in [0.15, 0.2) is 0 Å². The number of rotatable bonds is 4. The van der Waals surface area contributed by atoms with Crippen LogP contribution in [0.4, 0.5) is 5.00 Å². The van der Waals surface area contributed by atoms with Gasteiger partial charge in [-0.2, -0.15) is 0 Å². The minimum Gasteiger partial charge on any atom is -0.462 e. The Morgan fingerprint density at radius 1 is 1.40 bits per heavy atom. The summed E-state index contributed by atoms with van der Waals surface area (Å²) in [6.45, 7) is 4.32. The van der Waals surface area contributed by atoms with Crippen LogP contribution in [-0.2, 0) is 17.6 Å². The van der Waals surface area contributed by atoms with Gasteiger partial charge in [0.05, 0.1) is 12.2 Å². The molecule has 1 atom stereocenters. The molecule has 2 aromatic rings. The van der Waals surface area contributed by atoms with Gasteiger partial charge >= 0.3 is 5.97 Å². The maximum absolute atomic E-state index is 12.6. The molecule has 0 radical (unpaired) electrons. The van der Waals surface area contributed by atoms with E-state index in [1.165, 1.54) is 16.2 Å². The fourth-order valence-electron chi connectivity index (χ4n) is 3.06. The monoisotopic (exact) mass is 421 g/mol. The number of carbonyl (C=O) groups excluding carboxylic acids is 2. The van der Waals surface area contributed by atoms with Crippen molar-refractivity contribution in [2.45, 2.75) is 33.1 Å². The first-order valence-corrected chi connectivity index (χ1v) is 9.99. The number of halogens is 1. The molecule has 6 heteroatoms. The van der Waals surface area contributed by atoms with Gasteiger partial charge < -0.3 is 10.1 Å². The molecule has 132 valence electrons. The van der Waals surface area contributed by atoms with Crippen LogP contribution in [0.15, 0.2) is 28.7 Å². The molecule has 0 aliphatic heterocycles. The van der Waals surface area contributed by atoms with Crippen molar-refractivity contribution >= 4 is 44.1 Å². The van der Waals surface area contributed by atoms with Crippen molar-refractivity contribution in [3.8, 4) is 0 Å². The summed E-state index contributed by atoms with van der Waals surface area (Å²) in [6.07, 6.45) is 2.85. The third kappa shape index (κ3) is 3.96.